The third kappa shape index (κ3) is 4.66. The van der Waals surface area contributed by atoms with Crippen LogP contribution in [0.15, 0.2) is 36.8 Å². The molecule has 0 amide bonds. The van der Waals surface area contributed by atoms with Crippen LogP contribution in [0.2, 0.25) is 0 Å². The molecule has 0 saturated heterocycles. The summed E-state index contributed by atoms with van der Waals surface area (Å²) in [6.07, 6.45) is 4.87. The summed E-state index contributed by atoms with van der Waals surface area (Å²) in [5.41, 5.74) is 8.76. The standard InChI is InChI=1S/C22H25N9O2/c1-22(2,3)20-30-16(17(31-20)14-11-26-18(23)19(28-14)33-5)13-7-9-25-21(29-13)27-12-6-8-24-15(10-12)32-4/h6-11H,1-5H3,(H2,23,26)(H,30,31)(H,24,25,27,29). The molecule has 4 aromatic rings. The van der Waals surface area contributed by atoms with E-state index in [9.17, 15) is 0 Å². The average Bonchev–Trinajstić information content (AvgIpc) is 3.26. The molecule has 0 radical (unpaired) electrons. The summed E-state index contributed by atoms with van der Waals surface area (Å²) in [4.78, 5) is 30.0. The maximum atomic E-state index is 5.85. The zero-order valence-electron chi connectivity index (χ0n) is 19.0. The van der Waals surface area contributed by atoms with Crippen molar-refractivity contribution in [1.29, 1.82) is 0 Å². The first-order valence-electron chi connectivity index (χ1n) is 10.2. The molecule has 170 valence electrons. The normalized spacial score (nSPS) is 11.3. The number of aromatic nitrogens is 7. The van der Waals surface area contributed by atoms with Gasteiger partial charge in [-0.25, -0.2) is 29.9 Å². The van der Waals surface area contributed by atoms with Crippen molar-refractivity contribution in [2.24, 2.45) is 0 Å². The minimum absolute atomic E-state index is 0.204. The summed E-state index contributed by atoms with van der Waals surface area (Å²) in [6.45, 7) is 6.20. The number of aromatic amines is 1. The van der Waals surface area contributed by atoms with Crippen molar-refractivity contribution in [3.8, 4) is 34.5 Å². The van der Waals surface area contributed by atoms with Crippen LogP contribution < -0.4 is 20.5 Å². The molecular formula is C22H25N9O2. The Balaban J connectivity index is 1.78. The number of nitrogens with one attached hydrogen (secondary N) is 2. The monoisotopic (exact) mass is 447 g/mol. The van der Waals surface area contributed by atoms with E-state index in [0.717, 1.165) is 11.5 Å². The highest BCUT2D eigenvalue weighted by atomic mass is 16.5. The number of hydrogen-bond donors (Lipinski definition) is 3. The Morgan fingerprint density at radius 3 is 2.45 bits per heavy atom. The smallest absolute Gasteiger partial charge is 0.257 e. The molecule has 0 aliphatic carbocycles. The van der Waals surface area contributed by atoms with Gasteiger partial charge in [0, 0.05) is 29.6 Å². The predicted octanol–water partition coefficient (Wildman–Crippen LogP) is 3.36. The van der Waals surface area contributed by atoms with E-state index in [1.807, 2.05) is 0 Å². The Morgan fingerprint density at radius 2 is 1.73 bits per heavy atom. The lowest BCUT2D eigenvalue weighted by atomic mass is 9.96. The molecular weight excluding hydrogens is 422 g/mol. The van der Waals surface area contributed by atoms with Crippen molar-refractivity contribution in [3.05, 3.63) is 42.6 Å². The Hall–Kier alpha value is -4.28. The number of ether oxygens (including phenoxy) is 2. The quantitative estimate of drug-likeness (QED) is 0.401. The second-order valence-electron chi connectivity index (χ2n) is 8.19. The van der Waals surface area contributed by atoms with Crippen LogP contribution in [0.5, 0.6) is 11.8 Å². The molecule has 0 aromatic carbocycles. The van der Waals surface area contributed by atoms with E-state index in [1.165, 1.54) is 7.11 Å². The summed E-state index contributed by atoms with van der Waals surface area (Å²) in [6, 6.07) is 5.35. The van der Waals surface area contributed by atoms with Gasteiger partial charge in [-0.15, -0.1) is 0 Å². The van der Waals surface area contributed by atoms with Crippen LogP contribution in [0.3, 0.4) is 0 Å². The second-order valence-corrected chi connectivity index (χ2v) is 8.19. The lowest BCUT2D eigenvalue weighted by Crippen LogP contribution is -2.13. The first-order chi connectivity index (χ1) is 15.8. The van der Waals surface area contributed by atoms with Crippen LogP contribution in [0, 0.1) is 0 Å². The minimum Gasteiger partial charge on any atom is -0.481 e. The molecule has 11 heteroatoms. The van der Waals surface area contributed by atoms with Gasteiger partial charge in [-0.1, -0.05) is 20.8 Å². The number of nitrogens with two attached hydrogens (primary N) is 1. The highest BCUT2D eigenvalue weighted by Crippen LogP contribution is 2.33. The Bertz CT molecular complexity index is 1280. The molecule has 0 saturated carbocycles. The fourth-order valence-corrected chi connectivity index (χ4v) is 3.03. The molecule has 33 heavy (non-hydrogen) atoms. The highest BCUT2D eigenvalue weighted by Gasteiger charge is 2.24. The number of nitrogen functional groups attached to an aromatic ring is 1. The Morgan fingerprint density at radius 1 is 0.939 bits per heavy atom. The number of hydrogen-bond acceptors (Lipinski definition) is 10. The van der Waals surface area contributed by atoms with Crippen LogP contribution in [0.1, 0.15) is 26.6 Å². The van der Waals surface area contributed by atoms with Crippen LogP contribution in [0.4, 0.5) is 17.5 Å². The summed E-state index contributed by atoms with van der Waals surface area (Å²) in [7, 11) is 3.05. The van der Waals surface area contributed by atoms with E-state index in [4.69, 9.17) is 20.2 Å². The Labute approximate surface area is 190 Å². The zero-order valence-corrected chi connectivity index (χ0v) is 19.0. The van der Waals surface area contributed by atoms with Crippen LogP contribution in [0.25, 0.3) is 22.8 Å². The summed E-state index contributed by atoms with van der Waals surface area (Å²) in [5.74, 6) is 2.10. The van der Waals surface area contributed by atoms with E-state index in [1.54, 1.807) is 43.9 Å². The second kappa shape index (κ2) is 8.69. The van der Waals surface area contributed by atoms with Gasteiger partial charge in [-0.05, 0) is 12.1 Å². The number of rotatable bonds is 6. The molecule has 0 aliphatic heterocycles. The van der Waals surface area contributed by atoms with Crippen molar-refractivity contribution >= 4 is 17.5 Å². The maximum absolute atomic E-state index is 5.85. The van der Waals surface area contributed by atoms with Gasteiger partial charge < -0.3 is 25.5 Å². The third-order valence-corrected chi connectivity index (χ3v) is 4.73. The fourth-order valence-electron chi connectivity index (χ4n) is 3.03. The molecule has 4 aromatic heterocycles. The molecule has 4 N–H and O–H groups in total. The lowest BCUT2D eigenvalue weighted by Gasteiger charge is -2.14. The Kier molecular flexibility index (Phi) is 5.78. The number of methoxy groups -OCH3 is 2. The fraction of sp³-hybridized carbons (Fsp3) is 0.273. The lowest BCUT2D eigenvalue weighted by molar-refractivity contribution is 0.398. The minimum atomic E-state index is -0.236. The van der Waals surface area contributed by atoms with Crippen molar-refractivity contribution in [2.45, 2.75) is 26.2 Å². The molecule has 0 aliphatic rings. The van der Waals surface area contributed by atoms with Gasteiger partial charge in [-0.3, -0.25) is 0 Å². The summed E-state index contributed by atoms with van der Waals surface area (Å²) < 4.78 is 10.4. The number of nitrogens with zero attached hydrogens (tertiary/aromatic N) is 6. The molecule has 0 atom stereocenters. The van der Waals surface area contributed by atoms with Crippen LogP contribution >= 0.6 is 0 Å². The van der Waals surface area contributed by atoms with Gasteiger partial charge >= 0.3 is 0 Å². The molecule has 0 fully saturated rings. The molecule has 0 bridgehead atoms. The largest absolute Gasteiger partial charge is 0.481 e. The van der Waals surface area contributed by atoms with Gasteiger partial charge in [-0.2, -0.15) is 0 Å². The van der Waals surface area contributed by atoms with Gasteiger partial charge in [0.15, 0.2) is 5.82 Å². The first kappa shape index (κ1) is 21.9. The summed E-state index contributed by atoms with van der Waals surface area (Å²) >= 11 is 0. The van der Waals surface area contributed by atoms with Crippen molar-refractivity contribution in [2.75, 3.05) is 25.3 Å². The molecule has 0 unspecified atom stereocenters. The van der Waals surface area contributed by atoms with Gasteiger partial charge in [0.25, 0.3) is 5.88 Å². The molecule has 4 heterocycles. The van der Waals surface area contributed by atoms with E-state index in [2.05, 4.69) is 56.0 Å². The van der Waals surface area contributed by atoms with Crippen LogP contribution in [-0.2, 0) is 5.41 Å². The van der Waals surface area contributed by atoms with Gasteiger partial charge in [0.2, 0.25) is 11.8 Å². The van der Waals surface area contributed by atoms with E-state index >= 15 is 0 Å². The van der Waals surface area contributed by atoms with Crippen molar-refractivity contribution in [1.82, 2.24) is 34.9 Å². The van der Waals surface area contributed by atoms with Crippen molar-refractivity contribution < 1.29 is 9.47 Å². The van der Waals surface area contributed by atoms with E-state index < -0.39 is 0 Å². The third-order valence-electron chi connectivity index (χ3n) is 4.73. The first-order valence-corrected chi connectivity index (χ1v) is 10.2. The number of H-pyrrole nitrogens is 1. The zero-order chi connectivity index (χ0) is 23.6. The van der Waals surface area contributed by atoms with Gasteiger partial charge in [0.1, 0.15) is 17.2 Å². The van der Waals surface area contributed by atoms with Gasteiger partial charge in [0.05, 0.1) is 31.8 Å². The maximum Gasteiger partial charge on any atom is 0.257 e. The number of anilines is 3. The number of imidazole rings is 1. The molecule has 4 rings (SSSR count). The molecule has 11 nitrogen and oxygen atoms in total. The predicted molar refractivity (Wildman–Crippen MR) is 124 cm³/mol. The highest BCUT2D eigenvalue weighted by molar-refractivity contribution is 5.75. The van der Waals surface area contributed by atoms with E-state index in [0.29, 0.717) is 34.6 Å². The topological polar surface area (TPSA) is 150 Å². The SMILES string of the molecule is COc1cc(Nc2nccc(-c3[nH]c(C(C)(C)C)nc3-c3cnc(N)c(OC)n3)n2)ccn1. The van der Waals surface area contributed by atoms with Crippen LogP contribution in [-0.4, -0.2) is 49.1 Å². The van der Waals surface area contributed by atoms with Crippen molar-refractivity contribution in [3.63, 3.8) is 0 Å². The average molecular weight is 448 g/mol. The summed E-state index contributed by atoms with van der Waals surface area (Å²) in [5, 5.41) is 3.17. The molecule has 0 spiro atoms. The number of pyridine rings is 1. The van der Waals surface area contributed by atoms with E-state index in [-0.39, 0.29) is 17.1 Å².